The summed E-state index contributed by atoms with van der Waals surface area (Å²) >= 11 is 1.17. The lowest BCUT2D eigenvalue weighted by Gasteiger charge is -1.93. The number of nitrogens with two attached hydrogens (primary N) is 1. The van der Waals surface area contributed by atoms with Gasteiger partial charge in [-0.05, 0) is 24.3 Å². The van der Waals surface area contributed by atoms with Gasteiger partial charge in [0.2, 0.25) is 0 Å². The number of nitrogen functional groups attached to an aromatic ring is 1. The monoisotopic (exact) mass is 291 g/mol. The van der Waals surface area contributed by atoms with Gasteiger partial charge in [-0.25, -0.2) is 9.78 Å². The van der Waals surface area contributed by atoms with Gasteiger partial charge >= 0.3 is 11.3 Å². The number of carbonyl (C=O) groups is 1. The number of rotatable bonds is 2. The number of aromatic amines is 1. The Balaban J connectivity index is 2.22. The Kier molecular flexibility index (Phi) is 2.68. The van der Waals surface area contributed by atoms with Crippen LogP contribution in [0.5, 0.6) is 0 Å². The number of anilines is 1. The van der Waals surface area contributed by atoms with Crippen molar-refractivity contribution in [3.63, 3.8) is 0 Å². The van der Waals surface area contributed by atoms with Crippen molar-refractivity contribution in [1.82, 2.24) is 10.3 Å². The standard InChI is InChI=1S/C12H10N4O3S/c1-5-3-4-6-7(13)10(20-11(6)14-5)9(17)8-12(18)19-15-16(8)2/h3-4H,1-2H3,(H2-,13,15,17,18)/p+1. The Labute approximate surface area is 116 Å². The van der Waals surface area contributed by atoms with Crippen molar-refractivity contribution < 1.29 is 14.0 Å². The summed E-state index contributed by atoms with van der Waals surface area (Å²) in [7, 11) is 1.52. The molecule has 0 saturated heterocycles. The molecule has 3 rings (SSSR count). The highest BCUT2D eigenvalue weighted by Crippen LogP contribution is 2.33. The molecule has 20 heavy (non-hydrogen) atoms. The van der Waals surface area contributed by atoms with Crippen LogP contribution in [0.15, 0.2) is 21.5 Å². The van der Waals surface area contributed by atoms with Crippen LogP contribution in [0, 0.1) is 6.92 Å². The molecular formula is C12H11N4O3S+. The van der Waals surface area contributed by atoms with E-state index in [1.165, 1.54) is 23.1 Å². The molecule has 0 aromatic carbocycles. The number of nitrogens with one attached hydrogen (secondary N) is 1. The quantitative estimate of drug-likeness (QED) is 0.529. The first-order chi connectivity index (χ1) is 9.49. The second-order valence-corrected chi connectivity index (χ2v) is 5.37. The third-order valence-electron chi connectivity index (χ3n) is 2.96. The zero-order valence-corrected chi connectivity index (χ0v) is 11.6. The van der Waals surface area contributed by atoms with Crippen molar-refractivity contribution in [3.8, 4) is 0 Å². The highest BCUT2D eigenvalue weighted by molar-refractivity contribution is 7.21. The fourth-order valence-electron chi connectivity index (χ4n) is 1.95. The Morgan fingerprint density at radius 3 is 2.90 bits per heavy atom. The molecule has 0 atom stereocenters. The number of carbonyl (C=O) groups excluding carboxylic acids is 1. The third-order valence-corrected chi connectivity index (χ3v) is 4.07. The lowest BCUT2D eigenvalue weighted by atomic mass is 10.2. The fraction of sp³-hybridized carbons (Fsp3) is 0.167. The van der Waals surface area contributed by atoms with Crippen LogP contribution in [0.25, 0.3) is 10.2 Å². The number of aromatic nitrogens is 3. The van der Waals surface area contributed by atoms with E-state index in [2.05, 4.69) is 14.8 Å². The number of ketones is 1. The Morgan fingerprint density at radius 1 is 1.50 bits per heavy atom. The average Bonchev–Trinajstić information content (AvgIpc) is 2.90. The normalized spacial score (nSPS) is 11.1. The SMILES string of the molecule is Cc1ccc2c(N)c(C(=O)c3c(=O)o[nH][n+]3C)sc2n1. The molecule has 0 radical (unpaired) electrons. The molecule has 3 N–H and O–H groups in total. The van der Waals surface area contributed by atoms with E-state index in [0.717, 1.165) is 5.69 Å². The zero-order valence-electron chi connectivity index (χ0n) is 10.8. The lowest BCUT2D eigenvalue weighted by Crippen LogP contribution is -2.39. The summed E-state index contributed by atoms with van der Waals surface area (Å²) in [5, 5.41) is 3.02. The molecule has 0 amide bonds. The van der Waals surface area contributed by atoms with Gasteiger partial charge in [0.05, 0.1) is 5.69 Å². The van der Waals surface area contributed by atoms with Crippen molar-refractivity contribution in [2.24, 2.45) is 7.05 Å². The predicted octanol–water partition coefficient (Wildman–Crippen LogP) is 0.524. The van der Waals surface area contributed by atoms with Crippen LogP contribution in [0.1, 0.15) is 21.1 Å². The van der Waals surface area contributed by atoms with Crippen LogP contribution < -0.4 is 16.0 Å². The number of pyridine rings is 1. The first-order valence-electron chi connectivity index (χ1n) is 5.77. The maximum atomic E-state index is 12.4. The van der Waals surface area contributed by atoms with E-state index in [-0.39, 0.29) is 5.69 Å². The van der Waals surface area contributed by atoms with Gasteiger partial charge < -0.3 is 5.73 Å². The summed E-state index contributed by atoms with van der Waals surface area (Å²) in [4.78, 5) is 29.3. The Morgan fingerprint density at radius 2 is 2.25 bits per heavy atom. The summed E-state index contributed by atoms with van der Waals surface area (Å²) in [6.45, 7) is 1.86. The average molecular weight is 291 g/mol. The van der Waals surface area contributed by atoms with Crippen molar-refractivity contribution in [1.29, 1.82) is 0 Å². The number of hydrogen-bond donors (Lipinski definition) is 2. The molecule has 102 valence electrons. The fourth-order valence-corrected chi connectivity index (χ4v) is 3.03. The third kappa shape index (κ3) is 1.73. The van der Waals surface area contributed by atoms with Gasteiger partial charge in [-0.1, -0.05) is 4.68 Å². The molecule has 7 nitrogen and oxygen atoms in total. The molecule has 3 aromatic heterocycles. The van der Waals surface area contributed by atoms with E-state index < -0.39 is 11.4 Å². The molecule has 0 aliphatic carbocycles. The number of nitrogens with zero attached hydrogens (tertiary/aromatic N) is 2. The molecule has 0 aliphatic rings. The molecule has 3 heterocycles. The number of fused-ring (bicyclic) bond motifs is 1. The van der Waals surface area contributed by atoms with Crippen molar-refractivity contribution in [3.05, 3.63) is 38.8 Å². The van der Waals surface area contributed by atoms with E-state index >= 15 is 0 Å². The number of aryl methyl sites for hydroxylation is 2. The summed E-state index contributed by atoms with van der Waals surface area (Å²) in [5.41, 5.74) is 6.35. The Bertz CT molecular complexity index is 890. The first-order valence-corrected chi connectivity index (χ1v) is 6.58. The second kappa shape index (κ2) is 4.27. The molecule has 8 heteroatoms. The van der Waals surface area contributed by atoms with Crippen molar-refractivity contribution in [2.45, 2.75) is 6.92 Å². The van der Waals surface area contributed by atoms with E-state index in [1.807, 2.05) is 19.1 Å². The van der Waals surface area contributed by atoms with Gasteiger partial charge in [-0.3, -0.25) is 9.32 Å². The molecule has 0 fully saturated rings. The van der Waals surface area contributed by atoms with E-state index in [4.69, 9.17) is 5.73 Å². The van der Waals surface area contributed by atoms with E-state index in [9.17, 15) is 9.59 Å². The van der Waals surface area contributed by atoms with Crippen LogP contribution in [-0.2, 0) is 7.05 Å². The molecule has 0 unspecified atom stereocenters. The van der Waals surface area contributed by atoms with Gasteiger partial charge in [-0.2, -0.15) is 0 Å². The number of hydrogen-bond acceptors (Lipinski definition) is 6. The molecule has 0 spiro atoms. The van der Waals surface area contributed by atoms with Crippen LogP contribution in [-0.4, -0.2) is 16.0 Å². The summed E-state index contributed by atoms with van der Waals surface area (Å²) in [6, 6.07) is 3.64. The second-order valence-electron chi connectivity index (χ2n) is 4.37. The molecule has 0 bridgehead atoms. The minimum atomic E-state index is -0.724. The van der Waals surface area contributed by atoms with Crippen LogP contribution in [0.4, 0.5) is 5.69 Å². The molecule has 0 saturated carbocycles. The van der Waals surface area contributed by atoms with Crippen LogP contribution in [0.2, 0.25) is 0 Å². The Hall–Kier alpha value is -2.48. The van der Waals surface area contributed by atoms with E-state index in [0.29, 0.717) is 20.8 Å². The predicted molar refractivity (Wildman–Crippen MR) is 72.7 cm³/mol. The van der Waals surface area contributed by atoms with E-state index in [1.54, 1.807) is 0 Å². The van der Waals surface area contributed by atoms with Gasteiger partial charge in [0.25, 0.3) is 5.78 Å². The zero-order chi connectivity index (χ0) is 14.4. The minimum Gasteiger partial charge on any atom is -0.397 e. The summed E-state index contributed by atoms with van der Waals surface area (Å²) in [5.74, 6) is -0.472. The number of thiophene rings is 1. The van der Waals surface area contributed by atoms with Crippen molar-refractivity contribution >= 4 is 33.0 Å². The molecule has 3 aromatic rings. The smallest absolute Gasteiger partial charge is 0.397 e. The number of H-pyrrole nitrogens is 1. The van der Waals surface area contributed by atoms with Gasteiger partial charge in [0, 0.05) is 11.1 Å². The molecule has 0 aliphatic heterocycles. The summed E-state index contributed by atoms with van der Waals surface area (Å²) in [6.07, 6.45) is 0. The van der Waals surface area contributed by atoms with Gasteiger partial charge in [-0.15, -0.1) is 11.3 Å². The van der Waals surface area contributed by atoms with Crippen molar-refractivity contribution in [2.75, 3.05) is 5.73 Å². The van der Waals surface area contributed by atoms with Gasteiger partial charge in [0.1, 0.15) is 9.71 Å². The maximum absolute atomic E-state index is 12.4. The first kappa shape index (κ1) is 12.5. The lowest BCUT2D eigenvalue weighted by molar-refractivity contribution is -0.741. The highest BCUT2D eigenvalue weighted by Gasteiger charge is 2.31. The van der Waals surface area contributed by atoms with Crippen LogP contribution >= 0.6 is 11.3 Å². The van der Waals surface area contributed by atoms with Gasteiger partial charge in [0.15, 0.2) is 7.05 Å². The topological polar surface area (TPSA) is 106 Å². The highest BCUT2D eigenvalue weighted by atomic mass is 32.1. The molecular weight excluding hydrogens is 280 g/mol. The summed E-state index contributed by atoms with van der Waals surface area (Å²) < 4.78 is 5.81. The minimum absolute atomic E-state index is 0.0972. The maximum Gasteiger partial charge on any atom is 0.438 e. The largest absolute Gasteiger partial charge is 0.438 e. The van der Waals surface area contributed by atoms with Crippen LogP contribution in [0.3, 0.4) is 0 Å².